The first kappa shape index (κ1) is 43.3. The van der Waals surface area contributed by atoms with Crippen molar-refractivity contribution >= 4 is 93.6 Å². The SMILES string of the molecule is C1=C(c2ccccc2)SC(N(c2ccccc2)c2ccc(-c3cc(-c4ccc5c(c4)c4ccccc4n5-c4cccc5oc6ccccc6c45)cc(-c4ccc5c6ccccc6n(-c6ccccc6)c5c4)c3)cc2)C1. The highest BCUT2D eigenvalue weighted by Gasteiger charge is 2.27. The minimum absolute atomic E-state index is 0.220. The van der Waals surface area contributed by atoms with Gasteiger partial charge in [-0.1, -0.05) is 164 Å². The summed E-state index contributed by atoms with van der Waals surface area (Å²) >= 11 is 1.94. The van der Waals surface area contributed by atoms with Crippen molar-refractivity contribution in [3.63, 3.8) is 0 Å². The highest BCUT2D eigenvalue weighted by atomic mass is 32.2. The number of hydrogen-bond donors (Lipinski definition) is 0. The van der Waals surface area contributed by atoms with Crippen molar-refractivity contribution in [2.75, 3.05) is 4.90 Å². The van der Waals surface area contributed by atoms with Crippen LogP contribution in [-0.2, 0) is 0 Å². The van der Waals surface area contributed by atoms with Gasteiger partial charge in [-0.15, -0.1) is 11.8 Å². The Bertz CT molecular complexity index is 4530. The number of hydrogen-bond acceptors (Lipinski definition) is 3. The maximum Gasteiger partial charge on any atom is 0.137 e. The minimum Gasteiger partial charge on any atom is -0.456 e. The molecule has 1 unspecified atom stereocenters. The van der Waals surface area contributed by atoms with Crippen LogP contribution in [0.25, 0.3) is 115 Å². The third kappa shape index (κ3) is 7.30. The van der Waals surface area contributed by atoms with Crippen molar-refractivity contribution in [2.24, 2.45) is 0 Å². The number of rotatable bonds is 9. The van der Waals surface area contributed by atoms with Gasteiger partial charge in [0.1, 0.15) is 11.2 Å². The summed E-state index contributed by atoms with van der Waals surface area (Å²) in [5.41, 5.74) is 19.3. The molecule has 0 spiro atoms. The lowest BCUT2D eigenvalue weighted by atomic mass is 9.92. The molecule has 3 aromatic heterocycles. The summed E-state index contributed by atoms with van der Waals surface area (Å²) in [6.07, 6.45) is 3.35. The van der Waals surface area contributed by atoms with Crippen LogP contribution in [0.4, 0.5) is 11.4 Å². The molecule has 0 amide bonds. The fourth-order valence-corrected chi connectivity index (χ4v) is 13.1. The van der Waals surface area contributed by atoms with Crippen molar-refractivity contribution < 1.29 is 4.42 Å². The van der Waals surface area contributed by atoms with E-state index >= 15 is 0 Å². The average Bonchev–Trinajstić information content (AvgIpc) is 4.35. The zero-order valence-corrected chi connectivity index (χ0v) is 41.7. The second-order valence-corrected chi connectivity index (χ2v) is 20.8. The van der Waals surface area contributed by atoms with Crippen LogP contribution in [0.1, 0.15) is 12.0 Å². The van der Waals surface area contributed by atoms with Crippen molar-refractivity contribution in [1.82, 2.24) is 9.13 Å². The molecule has 15 rings (SSSR count). The van der Waals surface area contributed by atoms with Crippen LogP contribution >= 0.6 is 11.8 Å². The summed E-state index contributed by atoms with van der Waals surface area (Å²) < 4.78 is 11.2. The number of nitrogens with zero attached hydrogens (tertiary/aromatic N) is 3. The molecule has 4 heterocycles. The van der Waals surface area contributed by atoms with E-state index < -0.39 is 0 Å². The second kappa shape index (κ2) is 17.7. The van der Waals surface area contributed by atoms with E-state index in [0.717, 1.165) is 84.1 Å². The monoisotopic (exact) mass is 977 g/mol. The maximum atomic E-state index is 6.42. The Morgan fingerprint density at radius 2 is 0.907 bits per heavy atom. The number of furan rings is 1. The van der Waals surface area contributed by atoms with E-state index in [1.165, 1.54) is 54.4 Å². The van der Waals surface area contributed by atoms with E-state index in [9.17, 15) is 0 Å². The Morgan fingerprint density at radius 3 is 1.67 bits per heavy atom. The zero-order chi connectivity index (χ0) is 49.4. The first-order valence-electron chi connectivity index (χ1n) is 25.7. The van der Waals surface area contributed by atoms with Crippen LogP contribution in [0.5, 0.6) is 0 Å². The lowest BCUT2D eigenvalue weighted by Crippen LogP contribution is -2.26. The third-order valence-electron chi connectivity index (χ3n) is 15.2. The standard InChI is InChI=1S/C70H47N3OS/c1-4-17-47(18-5-1)68-39-40-69(75-68)71(53-19-6-2-7-20-53)55-35-31-46(32-36-55)50-41-51(43-52(42-50)49-33-37-58-56-23-10-13-26-61(56)72(65(58)45-49)54-21-8-3-9-22-54)48-34-38-63-60(44-48)57-24-11-14-27-62(57)73(63)64-28-16-30-67-70(64)59-25-12-15-29-66(59)74-67/h1-39,41-45,69H,40H2. The van der Waals surface area contributed by atoms with Gasteiger partial charge >= 0.3 is 0 Å². The molecule has 0 fully saturated rings. The van der Waals surface area contributed by atoms with E-state index in [0.29, 0.717) is 0 Å². The molecule has 0 saturated carbocycles. The molecule has 0 radical (unpaired) electrons. The molecule has 0 saturated heterocycles. The van der Waals surface area contributed by atoms with Crippen molar-refractivity contribution in [2.45, 2.75) is 11.8 Å². The molecule has 354 valence electrons. The summed E-state index contributed by atoms with van der Waals surface area (Å²) in [5.74, 6) is 0. The molecule has 0 N–H and O–H groups in total. The lowest BCUT2D eigenvalue weighted by Gasteiger charge is -2.31. The number of benzene rings is 11. The molecular weight excluding hydrogens is 931 g/mol. The summed E-state index contributed by atoms with van der Waals surface area (Å²) in [4.78, 5) is 3.84. The molecule has 14 aromatic rings. The normalized spacial score (nSPS) is 13.7. The number of thioether (sulfide) groups is 1. The Kier molecular flexibility index (Phi) is 10.2. The van der Waals surface area contributed by atoms with Crippen LogP contribution in [0.3, 0.4) is 0 Å². The van der Waals surface area contributed by atoms with Gasteiger partial charge in [0.05, 0.1) is 38.5 Å². The van der Waals surface area contributed by atoms with Gasteiger partial charge < -0.3 is 18.5 Å². The largest absolute Gasteiger partial charge is 0.456 e. The fraction of sp³-hybridized carbons (Fsp3) is 0.0286. The molecule has 75 heavy (non-hydrogen) atoms. The maximum absolute atomic E-state index is 6.42. The van der Waals surface area contributed by atoms with Gasteiger partial charge in [0.15, 0.2) is 0 Å². The van der Waals surface area contributed by atoms with Gasteiger partial charge in [-0.3, -0.25) is 0 Å². The molecule has 1 atom stereocenters. The van der Waals surface area contributed by atoms with Gasteiger partial charge in [-0.05, 0) is 148 Å². The highest BCUT2D eigenvalue weighted by molar-refractivity contribution is 8.09. The minimum atomic E-state index is 0.220. The van der Waals surface area contributed by atoms with Crippen LogP contribution in [-0.4, -0.2) is 14.5 Å². The predicted molar refractivity (Wildman–Crippen MR) is 318 cm³/mol. The Morgan fingerprint density at radius 1 is 0.360 bits per heavy atom. The first-order valence-corrected chi connectivity index (χ1v) is 26.6. The van der Waals surface area contributed by atoms with Gasteiger partial charge in [-0.25, -0.2) is 0 Å². The lowest BCUT2D eigenvalue weighted by molar-refractivity contribution is 0.669. The zero-order valence-electron chi connectivity index (χ0n) is 40.8. The van der Waals surface area contributed by atoms with Gasteiger partial charge in [-0.2, -0.15) is 0 Å². The predicted octanol–water partition coefficient (Wildman–Crippen LogP) is 19.4. The average molecular weight is 978 g/mol. The number of anilines is 2. The van der Waals surface area contributed by atoms with Crippen LogP contribution in [0, 0.1) is 0 Å². The third-order valence-corrected chi connectivity index (χ3v) is 16.5. The summed E-state index contributed by atoms with van der Waals surface area (Å²) in [6, 6.07) is 95.1. The highest BCUT2D eigenvalue weighted by Crippen LogP contribution is 2.47. The quantitative estimate of drug-likeness (QED) is 0.144. The van der Waals surface area contributed by atoms with Crippen LogP contribution in [0.2, 0.25) is 0 Å². The molecule has 11 aromatic carbocycles. The molecule has 1 aliphatic heterocycles. The smallest absolute Gasteiger partial charge is 0.137 e. The Balaban J connectivity index is 0.891. The van der Waals surface area contributed by atoms with Gasteiger partial charge in [0.25, 0.3) is 0 Å². The van der Waals surface area contributed by atoms with E-state index in [2.05, 4.69) is 275 Å². The first-order chi connectivity index (χ1) is 37.2. The summed E-state index contributed by atoms with van der Waals surface area (Å²) in [5, 5.41) is 7.35. The number of para-hydroxylation sites is 5. The van der Waals surface area contributed by atoms with Crippen molar-refractivity contribution in [3.8, 4) is 44.8 Å². The van der Waals surface area contributed by atoms with E-state index in [1.54, 1.807) is 0 Å². The van der Waals surface area contributed by atoms with Crippen LogP contribution in [0.15, 0.2) is 271 Å². The summed E-state index contributed by atoms with van der Waals surface area (Å²) in [7, 11) is 0. The topological polar surface area (TPSA) is 26.2 Å². The number of fused-ring (bicyclic) bond motifs is 9. The van der Waals surface area contributed by atoms with Crippen molar-refractivity contribution in [1.29, 1.82) is 0 Å². The van der Waals surface area contributed by atoms with E-state index in [-0.39, 0.29) is 5.37 Å². The molecule has 4 nitrogen and oxygen atoms in total. The molecule has 5 heteroatoms. The molecule has 0 aliphatic carbocycles. The van der Waals surface area contributed by atoms with E-state index in [1.807, 2.05) is 17.8 Å². The molecule has 1 aliphatic rings. The fourth-order valence-electron chi connectivity index (χ4n) is 11.8. The van der Waals surface area contributed by atoms with E-state index in [4.69, 9.17) is 4.42 Å². The second-order valence-electron chi connectivity index (χ2n) is 19.5. The van der Waals surface area contributed by atoms with Crippen molar-refractivity contribution in [3.05, 3.63) is 272 Å². The molecular formula is C70H47N3OS. The Labute approximate surface area is 438 Å². The van der Waals surface area contributed by atoms with Crippen LogP contribution < -0.4 is 4.90 Å². The van der Waals surface area contributed by atoms with Gasteiger partial charge in [0, 0.05) is 48.9 Å². The molecule has 0 bridgehead atoms. The Hall–Kier alpha value is -9.29. The number of aromatic nitrogens is 2. The van der Waals surface area contributed by atoms with Gasteiger partial charge in [0.2, 0.25) is 0 Å². The summed E-state index contributed by atoms with van der Waals surface area (Å²) in [6.45, 7) is 0.